The lowest BCUT2D eigenvalue weighted by Crippen LogP contribution is -2.18. The molecule has 10 rings (SSSR count). The first-order valence-electron chi connectivity index (χ1n) is 20.8. The number of nitrogens with zero attached hydrogens (tertiary/aromatic N) is 12. The maximum absolute atomic E-state index is 5.56. The van der Waals surface area contributed by atoms with Gasteiger partial charge >= 0.3 is 0 Å². The van der Waals surface area contributed by atoms with Crippen molar-refractivity contribution in [1.82, 2.24) is 58.6 Å². The molecular weight excluding hydrogens is 944 g/mol. The van der Waals surface area contributed by atoms with Crippen LogP contribution in [-0.2, 0) is 13.1 Å². The predicted octanol–water partition coefficient (Wildman–Crippen LogP) is 9.08. The molecule has 8 heterocycles. The average molecular weight is 991 g/mol. The summed E-state index contributed by atoms with van der Waals surface area (Å²) in [4.78, 5) is 27.8. The highest BCUT2D eigenvalue weighted by atomic mass is 79.9. The molecule has 2 aliphatic heterocycles. The number of rotatable bonds is 10. The van der Waals surface area contributed by atoms with Crippen molar-refractivity contribution in [2.45, 2.75) is 64.5 Å². The predicted molar refractivity (Wildman–Crippen MR) is 247 cm³/mol. The lowest BCUT2D eigenvalue weighted by Gasteiger charge is -2.22. The van der Waals surface area contributed by atoms with E-state index in [0.29, 0.717) is 34.8 Å². The van der Waals surface area contributed by atoms with Crippen LogP contribution in [0.3, 0.4) is 0 Å². The topological polar surface area (TPSA) is 160 Å². The quantitative estimate of drug-likeness (QED) is 0.128. The van der Waals surface area contributed by atoms with Crippen LogP contribution in [0.2, 0.25) is 0 Å². The fraction of sp³-hybridized carbons (Fsp3) is 0.304. The van der Waals surface area contributed by atoms with Gasteiger partial charge in [-0.15, -0.1) is 10.2 Å². The van der Waals surface area contributed by atoms with Crippen molar-refractivity contribution < 1.29 is 18.9 Å². The van der Waals surface area contributed by atoms with E-state index in [9.17, 15) is 0 Å². The summed E-state index contributed by atoms with van der Waals surface area (Å²) in [5, 5.41) is 9.53. The van der Waals surface area contributed by atoms with Crippen LogP contribution in [-0.4, -0.2) is 87.0 Å². The van der Waals surface area contributed by atoms with E-state index >= 15 is 0 Å². The molecule has 6 aromatic heterocycles. The van der Waals surface area contributed by atoms with Crippen molar-refractivity contribution in [3.63, 3.8) is 0 Å². The van der Waals surface area contributed by atoms with Gasteiger partial charge in [0.15, 0.2) is 11.6 Å². The van der Waals surface area contributed by atoms with Crippen LogP contribution in [0.1, 0.15) is 71.7 Å². The van der Waals surface area contributed by atoms with Crippen molar-refractivity contribution in [3.8, 4) is 57.7 Å². The number of aromatic nitrogens is 12. The number of pyridine rings is 2. The third-order valence-corrected chi connectivity index (χ3v) is 12.7. The van der Waals surface area contributed by atoms with Crippen LogP contribution in [0.25, 0.3) is 34.4 Å². The highest BCUT2D eigenvalue weighted by Crippen LogP contribution is 2.39. The van der Waals surface area contributed by atoms with Gasteiger partial charge in [-0.1, -0.05) is 12.1 Å². The number of hydrogen-bond acceptors (Lipinski definition) is 12. The van der Waals surface area contributed by atoms with Gasteiger partial charge in [-0.2, -0.15) is 0 Å². The van der Waals surface area contributed by atoms with E-state index in [0.717, 1.165) is 93.6 Å². The zero-order valence-corrected chi connectivity index (χ0v) is 39.4. The maximum atomic E-state index is 5.56. The molecule has 64 heavy (non-hydrogen) atoms. The largest absolute Gasteiger partial charge is 0.496 e. The molecule has 16 nitrogen and oxygen atoms in total. The summed E-state index contributed by atoms with van der Waals surface area (Å²) in [6, 6.07) is 20.1. The minimum Gasteiger partial charge on any atom is -0.496 e. The Morgan fingerprint density at radius 2 is 0.984 bits per heavy atom. The summed E-state index contributed by atoms with van der Waals surface area (Å²) >= 11 is 7.20. The van der Waals surface area contributed by atoms with Crippen LogP contribution in [0, 0.1) is 13.8 Å². The molecular formula is C46H46Br2N12O4. The maximum Gasteiger partial charge on any atom is 0.238 e. The van der Waals surface area contributed by atoms with Crippen LogP contribution in [0.15, 0.2) is 94.7 Å². The summed E-state index contributed by atoms with van der Waals surface area (Å²) in [5.74, 6) is 6.10. The van der Waals surface area contributed by atoms with Crippen molar-refractivity contribution >= 4 is 31.9 Å². The SMILES string of the molecule is COc1ccc([C@@H]2CCCn3nc(-c4ccc(-n5cnc(C)c5)c(OC)n4)nc32)cc1Br.COc1ccc([C@H]2CCCn3nc(-c4ccc(-n5cnc(C)c5)c(OC)n4)nc32)cc1Br. The summed E-state index contributed by atoms with van der Waals surface area (Å²) in [7, 11) is 6.57. The van der Waals surface area contributed by atoms with Crippen molar-refractivity contribution in [1.29, 1.82) is 0 Å². The second kappa shape index (κ2) is 18.4. The lowest BCUT2D eigenvalue weighted by atomic mass is 9.91. The second-order valence-corrected chi connectivity index (χ2v) is 17.2. The lowest BCUT2D eigenvalue weighted by molar-refractivity contribution is 0.396. The molecule has 2 aromatic carbocycles. The van der Waals surface area contributed by atoms with Crippen LogP contribution >= 0.6 is 31.9 Å². The zero-order chi connectivity index (χ0) is 44.5. The molecule has 0 spiro atoms. The highest BCUT2D eigenvalue weighted by molar-refractivity contribution is 9.11. The highest BCUT2D eigenvalue weighted by Gasteiger charge is 2.29. The molecule has 0 saturated carbocycles. The van der Waals surface area contributed by atoms with Crippen molar-refractivity contribution in [3.05, 3.63) is 129 Å². The Balaban J connectivity index is 0.000000162. The van der Waals surface area contributed by atoms with Gasteiger partial charge in [0.05, 0.1) is 61.4 Å². The fourth-order valence-corrected chi connectivity index (χ4v) is 9.38. The molecule has 0 fully saturated rings. The van der Waals surface area contributed by atoms with E-state index in [1.54, 1.807) is 41.1 Å². The monoisotopic (exact) mass is 988 g/mol. The van der Waals surface area contributed by atoms with E-state index in [4.69, 9.17) is 49.1 Å². The van der Waals surface area contributed by atoms with Gasteiger partial charge in [-0.05, 0) is 131 Å². The minimum absolute atomic E-state index is 0.169. The van der Waals surface area contributed by atoms with Crippen molar-refractivity contribution in [2.75, 3.05) is 28.4 Å². The summed E-state index contributed by atoms with van der Waals surface area (Å²) < 4.78 is 31.5. The molecule has 0 amide bonds. The van der Waals surface area contributed by atoms with Crippen molar-refractivity contribution in [2.24, 2.45) is 0 Å². The van der Waals surface area contributed by atoms with Crippen LogP contribution in [0.5, 0.6) is 23.3 Å². The minimum atomic E-state index is 0.169. The van der Waals surface area contributed by atoms with Gasteiger partial charge in [0.1, 0.15) is 45.9 Å². The number of halogens is 2. The summed E-state index contributed by atoms with van der Waals surface area (Å²) in [5.41, 5.74) is 7.23. The Morgan fingerprint density at radius 3 is 1.34 bits per heavy atom. The molecule has 18 heteroatoms. The molecule has 0 radical (unpaired) electrons. The van der Waals surface area contributed by atoms with E-state index in [2.05, 4.69) is 66.1 Å². The molecule has 2 aliphatic rings. The molecule has 2 atom stereocenters. The van der Waals surface area contributed by atoms with Gasteiger partial charge in [-0.3, -0.25) is 0 Å². The number of hydrogen-bond donors (Lipinski definition) is 0. The van der Waals surface area contributed by atoms with E-state index in [1.165, 1.54) is 11.1 Å². The number of aryl methyl sites for hydroxylation is 4. The summed E-state index contributed by atoms with van der Waals surface area (Å²) in [6.45, 7) is 5.59. The van der Waals surface area contributed by atoms with E-state index in [-0.39, 0.29) is 11.8 Å². The van der Waals surface area contributed by atoms with Gasteiger partial charge in [-0.25, -0.2) is 39.3 Å². The molecule has 328 valence electrons. The second-order valence-electron chi connectivity index (χ2n) is 15.5. The van der Waals surface area contributed by atoms with E-state index < -0.39 is 0 Å². The number of fused-ring (bicyclic) bond motifs is 2. The standard InChI is InChI=1S/2C23H23BrN6O2/c2*1-14-12-29(13-25-14)19-8-7-18(26-23(19)32-3)21-27-22-16(5-4-10-30(22)28-21)15-6-9-20(31-2)17(24)11-15/h2*6-9,11-13,16H,4-5,10H2,1-3H3/t2*16-/m10/s1. The number of benzene rings is 2. The summed E-state index contributed by atoms with van der Waals surface area (Å²) in [6.07, 6.45) is 11.5. The Kier molecular flexibility index (Phi) is 12.3. The first kappa shape index (κ1) is 42.9. The Hall–Kier alpha value is -6.40. The van der Waals surface area contributed by atoms with Gasteiger partial charge in [0.25, 0.3) is 0 Å². The molecule has 0 N–H and O–H groups in total. The van der Waals surface area contributed by atoms with Crippen LogP contribution < -0.4 is 18.9 Å². The molecule has 0 aliphatic carbocycles. The zero-order valence-electron chi connectivity index (χ0n) is 36.2. The number of methoxy groups -OCH3 is 4. The first-order valence-corrected chi connectivity index (χ1v) is 22.4. The fourth-order valence-electron chi connectivity index (χ4n) is 8.26. The van der Waals surface area contributed by atoms with E-state index in [1.807, 2.05) is 81.1 Å². The molecule has 8 aromatic rings. The Labute approximate surface area is 386 Å². The third-order valence-electron chi connectivity index (χ3n) is 11.4. The Bertz CT molecular complexity index is 2760. The van der Waals surface area contributed by atoms with Gasteiger partial charge in [0.2, 0.25) is 11.8 Å². The molecule has 0 saturated heterocycles. The Morgan fingerprint density at radius 1 is 0.547 bits per heavy atom. The molecule has 0 unspecified atom stereocenters. The third kappa shape index (κ3) is 8.51. The normalized spacial score (nSPS) is 15.4. The number of ether oxygens (including phenoxy) is 4. The van der Waals surface area contributed by atoms with Gasteiger partial charge < -0.3 is 28.1 Å². The van der Waals surface area contributed by atoms with Gasteiger partial charge in [0, 0.05) is 37.3 Å². The first-order chi connectivity index (χ1) is 31.1. The average Bonchev–Trinajstić information content (AvgIpc) is 4.15. The van der Waals surface area contributed by atoms with Crippen LogP contribution in [0.4, 0.5) is 0 Å². The number of imidazole rings is 2. The molecule has 0 bridgehead atoms. The smallest absolute Gasteiger partial charge is 0.238 e.